The standard InChI is InChI=1S/C7H13N.C2H6/c1-6-4-2-3-5-7(6)8;1-2/h4,7H,2-3,5,8H2,1H3;1-2H3. The van der Waals surface area contributed by atoms with Gasteiger partial charge in [0.2, 0.25) is 0 Å². The molecule has 1 atom stereocenters. The van der Waals surface area contributed by atoms with Crippen LogP contribution >= 0.6 is 0 Å². The smallest absolute Gasteiger partial charge is 0.0250 e. The van der Waals surface area contributed by atoms with Crippen molar-refractivity contribution in [3.63, 3.8) is 0 Å². The van der Waals surface area contributed by atoms with E-state index in [-0.39, 0.29) is 0 Å². The van der Waals surface area contributed by atoms with Crippen molar-refractivity contribution in [1.29, 1.82) is 0 Å². The van der Waals surface area contributed by atoms with Crippen LogP contribution in [0.4, 0.5) is 0 Å². The van der Waals surface area contributed by atoms with E-state index in [0.717, 1.165) is 0 Å². The molecule has 0 amide bonds. The molecule has 0 bridgehead atoms. The van der Waals surface area contributed by atoms with Gasteiger partial charge in [-0.05, 0) is 26.2 Å². The second-order valence-corrected chi connectivity index (χ2v) is 2.49. The van der Waals surface area contributed by atoms with Gasteiger partial charge in [0.25, 0.3) is 0 Å². The first-order chi connectivity index (χ1) is 4.80. The van der Waals surface area contributed by atoms with Crippen LogP contribution in [-0.2, 0) is 0 Å². The second kappa shape index (κ2) is 5.48. The Morgan fingerprint density at radius 3 is 2.40 bits per heavy atom. The fourth-order valence-electron chi connectivity index (χ4n) is 1.05. The largest absolute Gasteiger partial charge is 0.324 e. The zero-order chi connectivity index (χ0) is 7.98. The van der Waals surface area contributed by atoms with Crippen molar-refractivity contribution in [3.05, 3.63) is 11.6 Å². The first kappa shape index (κ1) is 9.70. The number of rotatable bonds is 0. The highest BCUT2D eigenvalue weighted by molar-refractivity contribution is 5.09. The molecule has 1 aliphatic carbocycles. The molecule has 0 radical (unpaired) electrons. The summed E-state index contributed by atoms with van der Waals surface area (Å²) in [5.74, 6) is 0. The molecule has 1 rings (SSSR count). The fourth-order valence-corrected chi connectivity index (χ4v) is 1.05. The SMILES string of the molecule is CC.CC1=CCCCC1N. The van der Waals surface area contributed by atoms with Crippen LogP contribution in [0.15, 0.2) is 11.6 Å². The molecule has 1 aliphatic rings. The molecule has 0 aliphatic heterocycles. The Bertz CT molecular complexity index is 105. The Morgan fingerprint density at radius 2 is 2.10 bits per heavy atom. The summed E-state index contributed by atoms with van der Waals surface area (Å²) in [7, 11) is 0. The molecule has 0 fully saturated rings. The predicted molar refractivity (Wildman–Crippen MR) is 46.9 cm³/mol. The van der Waals surface area contributed by atoms with E-state index in [1.165, 1.54) is 24.8 Å². The molecule has 2 N–H and O–H groups in total. The Morgan fingerprint density at radius 1 is 1.50 bits per heavy atom. The monoisotopic (exact) mass is 141 g/mol. The third-order valence-electron chi connectivity index (χ3n) is 1.77. The number of nitrogens with two attached hydrogens (primary N) is 1. The lowest BCUT2D eigenvalue weighted by atomic mass is 9.96. The van der Waals surface area contributed by atoms with Crippen molar-refractivity contribution in [3.8, 4) is 0 Å². The van der Waals surface area contributed by atoms with E-state index in [0.29, 0.717) is 6.04 Å². The van der Waals surface area contributed by atoms with Gasteiger partial charge in [0, 0.05) is 6.04 Å². The maximum atomic E-state index is 5.71. The molecular weight excluding hydrogens is 122 g/mol. The van der Waals surface area contributed by atoms with Crippen LogP contribution in [0.3, 0.4) is 0 Å². The highest BCUT2D eigenvalue weighted by Crippen LogP contribution is 2.14. The van der Waals surface area contributed by atoms with Gasteiger partial charge in [-0.25, -0.2) is 0 Å². The van der Waals surface area contributed by atoms with E-state index in [2.05, 4.69) is 13.0 Å². The van der Waals surface area contributed by atoms with Gasteiger partial charge in [0.15, 0.2) is 0 Å². The van der Waals surface area contributed by atoms with E-state index in [1.54, 1.807) is 0 Å². The van der Waals surface area contributed by atoms with Crippen molar-refractivity contribution >= 4 is 0 Å². The first-order valence-corrected chi connectivity index (χ1v) is 4.23. The molecule has 1 nitrogen and oxygen atoms in total. The summed E-state index contributed by atoms with van der Waals surface area (Å²) in [5.41, 5.74) is 7.08. The van der Waals surface area contributed by atoms with Gasteiger partial charge in [0.1, 0.15) is 0 Å². The molecule has 0 saturated carbocycles. The van der Waals surface area contributed by atoms with Gasteiger partial charge >= 0.3 is 0 Å². The molecule has 0 saturated heterocycles. The summed E-state index contributed by atoms with van der Waals surface area (Å²) < 4.78 is 0. The van der Waals surface area contributed by atoms with Gasteiger partial charge in [-0.2, -0.15) is 0 Å². The number of hydrogen-bond acceptors (Lipinski definition) is 1. The lowest BCUT2D eigenvalue weighted by Crippen LogP contribution is -2.23. The quantitative estimate of drug-likeness (QED) is 0.515. The van der Waals surface area contributed by atoms with Crippen molar-refractivity contribution in [2.45, 2.75) is 46.1 Å². The van der Waals surface area contributed by atoms with Gasteiger partial charge in [-0.15, -0.1) is 0 Å². The average molecular weight is 141 g/mol. The highest BCUT2D eigenvalue weighted by atomic mass is 14.6. The van der Waals surface area contributed by atoms with Crippen LogP contribution in [-0.4, -0.2) is 6.04 Å². The van der Waals surface area contributed by atoms with Gasteiger partial charge in [-0.1, -0.05) is 25.5 Å². The molecular formula is C9H19N. The number of allylic oxidation sites excluding steroid dienone is 1. The van der Waals surface area contributed by atoms with Crippen molar-refractivity contribution in [2.75, 3.05) is 0 Å². The van der Waals surface area contributed by atoms with Crippen LogP contribution in [0.1, 0.15) is 40.0 Å². The lowest BCUT2D eigenvalue weighted by molar-refractivity contribution is 0.615. The van der Waals surface area contributed by atoms with E-state index < -0.39 is 0 Å². The topological polar surface area (TPSA) is 26.0 Å². The van der Waals surface area contributed by atoms with E-state index >= 15 is 0 Å². The summed E-state index contributed by atoms with van der Waals surface area (Å²) in [6.45, 7) is 6.11. The molecule has 60 valence electrons. The summed E-state index contributed by atoms with van der Waals surface area (Å²) in [4.78, 5) is 0. The maximum Gasteiger partial charge on any atom is 0.0250 e. The lowest BCUT2D eigenvalue weighted by Gasteiger charge is -2.15. The van der Waals surface area contributed by atoms with Gasteiger partial charge in [-0.3, -0.25) is 0 Å². The normalized spacial score (nSPS) is 24.4. The maximum absolute atomic E-state index is 5.71. The minimum atomic E-state index is 0.365. The fraction of sp³-hybridized carbons (Fsp3) is 0.778. The summed E-state index contributed by atoms with van der Waals surface area (Å²) >= 11 is 0. The second-order valence-electron chi connectivity index (χ2n) is 2.49. The van der Waals surface area contributed by atoms with Crippen LogP contribution in [0, 0.1) is 0 Å². The van der Waals surface area contributed by atoms with Gasteiger partial charge in [0.05, 0.1) is 0 Å². The Kier molecular flexibility index (Phi) is 5.32. The van der Waals surface area contributed by atoms with Gasteiger partial charge < -0.3 is 5.73 Å². The average Bonchev–Trinajstić information content (AvgIpc) is 2.00. The van der Waals surface area contributed by atoms with E-state index in [1.807, 2.05) is 13.8 Å². The van der Waals surface area contributed by atoms with Crippen molar-refractivity contribution < 1.29 is 0 Å². The molecule has 0 aromatic rings. The molecule has 1 unspecified atom stereocenters. The Balaban J connectivity index is 0.000000371. The molecule has 0 aromatic heterocycles. The zero-order valence-corrected chi connectivity index (χ0v) is 7.35. The summed E-state index contributed by atoms with van der Waals surface area (Å²) in [5, 5.41) is 0. The van der Waals surface area contributed by atoms with Crippen molar-refractivity contribution in [2.24, 2.45) is 5.73 Å². The minimum Gasteiger partial charge on any atom is -0.324 e. The number of hydrogen-bond donors (Lipinski definition) is 1. The molecule has 0 aromatic carbocycles. The molecule has 0 spiro atoms. The molecule has 10 heavy (non-hydrogen) atoms. The first-order valence-electron chi connectivity index (χ1n) is 4.23. The molecule has 1 heteroatoms. The van der Waals surface area contributed by atoms with E-state index in [4.69, 9.17) is 5.73 Å². The third kappa shape index (κ3) is 3.02. The molecule has 0 heterocycles. The van der Waals surface area contributed by atoms with E-state index in [9.17, 15) is 0 Å². The minimum absolute atomic E-state index is 0.365. The van der Waals surface area contributed by atoms with Crippen LogP contribution in [0.5, 0.6) is 0 Å². The highest BCUT2D eigenvalue weighted by Gasteiger charge is 2.07. The summed E-state index contributed by atoms with van der Waals surface area (Å²) in [6.07, 6.45) is 5.94. The summed E-state index contributed by atoms with van der Waals surface area (Å²) in [6, 6.07) is 0.365. The van der Waals surface area contributed by atoms with Crippen LogP contribution < -0.4 is 5.73 Å². The van der Waals surface area contributed by atoms with Crippen molar-refractivity contribution in [1.82, 2.24) is 0 Å². The van der Waals surface area contributed by atoms with Crippen LogP contribution in [0.25, 0.3) is 0 Å². The zero-order valence-electron chi connectivity index (χ0n) is 7.35. The predicted octanol–water partition coefficient (Wildman–Crippen LogP) is 2.47. The Labute approximate surface area is 64.3 Å². The van der Waals surface area contributed by atoms with Crippen LogP contribution in [0.2, 0.25) is 0 Å². The third-order valence-corrected chi connectivity index (χ3v) is 1.77. The Hall–Kier alpha value is -0.300.